The van der Waals surface area contributed by atoms with Crippen molar-refractivity contribution in [2.45, 2.75) is 9.92 Å². The number of nitrogens with zero attached hydrogens (tertiary/aromatic N) is 3. The maximum atomic E-state index is 11.1. The molecular formula is C12H12N4O3S. The third-order valence-electron chi connectivity index (χ3n) is 2.48. The highest BCUT2D eigenvalue weighted by Crippen LogP contribution is 2.36. The van der Waals surface area contributed by atoms with Crippen LogP contribution in [0.2, 0.25) is 0 Å². The molecule has 0 fully saturated rings. The quantitative estimate of drug-likeness (QED) is 0.514. The fraction of sp³-hybridized carbons (Fsp3) is 0.167. The van der Waals surface area contributed by atoms with Gasteiger partial charge >= 0.3 is 5.69 Å². The van der Waals surface area contributed by atoms with Crippen LogP contribution in [-0.4, -0.2) is 29.0 Å². The van der Waals surface area contributed by atoms with Gasteiger partial charge in [-0.2, -0.15) is 0 Å². The lowest BCUT2D eigenvalue weighted by molar-refractivity contribution is -0.387. The molecule has 1 aromatic heterocycles. The second kappa shape index (κ2) is 6.20. The highest BCUT2D eigenvalue weighted by Gasteiger charge is 2.22. The van der Waals surface area contributed by atoms with Gasteiger partial charge in [-0.05, 0) is 24.3 Å². The molecule has 0 bridgehead atoms. The summed E-state index contributed by atoms with van der Waals surface area (Å²) < 4.78 is 5.06. The van der Waals surface area contributed by atoms with Crippen LogP contribution < -0.4 is 10.1 Å². The van der Waals surface area contributed by atoms with Gasteiger partial charge in [0.15, 0.2) is 5.03 Å². The molecule has 2 aromatic rings. The summed E-state index contributed by atoms with van der Waals surface area (Å²) in [6, 6.07) is 7.20. The Hall–Kier alpha value is -2.35. The van der Waals surface area contributed by atoms with Crippen LogP contribution in [-0.2, 0) is 0 Å². The van der Waals surface area contributed by atoms with Crippen LogP contribution >= 0.6 is 11.8 Å². The topological polar surface area (TPSA) is 90.2 Å². The zero-order chi connectivity index (χ0) is 14.5. The van der Waals surface area contributed by atoms with E-state index in [-0.39, 0.29) is 11.5 Å². The Balaban J connectivity index is 2.34. The second-order valence-electron chi connectivity index (χ2n) is 3.66. The molecule has 2 rings (SSSR count). The fourth-order valence-electron chi connectivity index (χ4n) is 1.54. The molecule has 0 aliphatic heterocycles. The lowest BCUT2D eigenvalue weighted by atomic mass is 10.3. The Morgan fingerprint density at radius 2 is 2.00 bits per heavy atom. The van der Waals surface area contributed by atoms with Crippen molar-refractivity contribution in [1.82, 2.24) is 9.97 Å². The van der Waals surface area contributed by atoms with Crippen LogP contribution in [0.4, 0.5) is 11.5 Å². The Kier molecular flexibility index (Phi) is 4.36. The van der Waals surface area contributed by atoms with Crippen LogP contribution in [0.15, 0.2) is 40.5 Å². The van der Waals surface area contributed by atoms with Crippen LogP contribution in [0.3, 0.4) is 0 Å². The van der Waals surface area contributed by atoms with Gasteiger partial charge in [0.25, 0.3) is 0 Å². The first-order valence-electron chi connectivity index (χ1n) is 5.64. The number of nitrogens with one attached hydrogen (secondary N) is 1. The van der Waals surface area contributed by atoms with E-state index in [1.807, 2.05) is 12.1 Å². The fourth-order valence-corrected chi connectivity index (χ4v) is 2.40. The molecule has 104 valence electrons. The first-order chi connectivity index (χ1) is 9.65. The summed E-state index contributed by atoms with van der Waals surface area (Å²) in [5, 5.41) is 14.1. The van der Waals surface area contributed by atoms with Crippen molar-refractivity contribution in [1.29, 1.82) is 0 Å². The van der Waals surface area contributed by atoms with Gasteiger partial charge in [-0.15, -0.1) is 0 Å². The van der Waals surface area contributed by atoms with Gasteiger partial charge in [0.05, 0.1) is 12.0 Å². The van der Waals surface area contributed by atoms with Gasteiger partial charge in [0.1, 0.15) is 12.1 Å². The number of methoxy groups -OCH3 is 1. The van der Waals surface area contributed by atoms with Crippen molar-refractivity contribution < 1.29 is 9.66 Å². The second-order valence-corrected chi connectivity index (χ2v) is 4.72. The highest BCUT2D eigenvalue weighted by atomic mass is 32.2. The highest BCUT2D eigenvalue weighted by molar-refractivity contribution is 7.99. The molecule has 7 nitrogen and oxygen atoms in total. The van der Waals surface area contributed by atoms with Crippen molar-refractivity contribution in [2.75, 3.05) is 19.5 Å². The molecule has 0 spiro atoms. The molecule has 0 atom stereocenters. The predicted octanol–water partition coefficient (Wildman–Crippen LogP) is 2.59. The third-order valence-corrected chi connectivity index (χ3v) is 3.48. The van der Waals surface area contributed by atoms with Gasteiger partial charge in [0, 0.05) is 11.9 Å². The van der Waals surface area contributed by atoms with Crippen molar-refractivity contribution in [2.24, 2.45) is 0 Å². The number of nitro groups is 1. The number of hydrogen-bond donors (Lipinski definition) is 1. The Labute approximate surface area is 119 Å². The first kappa shape index (κ1) is 14.1. The van der Waals surface area contributed by atoms with Crippen molar-refractivity contribution >= 4 is 23.3 Å². The van der Waals surface area contributed by atoms with Crippen LogP contribution in [0.25, 0.3) is 0 Å². The molecular weight excluding hydrogens is 280 g/mol. The molecule has 0 radical (unpaired) electrons. The average molecular weight is 292 g/mol. The molecule has 0 saturated carbocycles. The maximum Gasteiger partial charge on any atom is 0.343 e. The van der Waals surface area contributed by atoms with Crippen molar-refractivity contribution in [3.05, 3.63) is 40.7 Å². The van der Waals surface area contributed by atoms with Gasteiger partial charge in [-0.3, -0.25) is 10.1 Å². The molecule has 0 aliphatic rings. The normalized spacial score (nSPS) is 10.1. The summed E-state index contributed by atoms with van der Waals surface area (Å²) in [5.74, 6) is 0.920. The smallest absolute Gasteiger partial charge is 0.343 e. The molecule has 0 amide bonds. The monoisotopic (exact) mass is 292 g/mol. The third kappa shape index (κ3) is 2.97. The first-order valence-corrected chi connectivity index (χ1v) is 6.46. The van der Waals surface area contributed by atoms with E-state index in [0.717, 1.165) is 10.6 Å². The van der Waals surface area contributed by atoms with E-state index in [0.29, 0.717) is 5.03 Å². The Morgan fingerprint density at radius 3 is 2.55 bits per heavy atom. The van der Waals surface area contributed by atoms with E-state index < -0.39 is 4.92 Å². The number of aromatic nitrogens is 2. The number of rotatable bonds is 5. The van der Waals surface area contributed by atoms with E-state index >= 15 is 0 Å². The largest absolute Gasteiger partial charge is 0.497 e. The summed E-state index contributed by atoms with van der Waals surface area (Å²) in [6.45, 7) is 0. The zero-order valence-electron chi connectivity index (χ0n) is 10.9. The summed E-state index contributed by atoms with van der Waals surface area (Å²) >= 11 is 1.20. The van der Waals surface area contributed by atoms with Gasteiger partial charge in [-0.1, -0.05) is 11.8 Å². The van der Waals surface area contributed by atoms with E-state index in [1.165, 1.54) is 18.1 Å². The van der Waals surface area contributed by atoms with Crippen molar-refractivity contribution in [3.63, 3.8) is 0 Å². The molecule has 1 heterocycles. The number of anilines is 1. The number of benzene rings is 1. The van der Waals surface area contributed by atoms with Gasteiger partial charge < -0.3 is 10.1 Å². The standard InChI is InChI=1S/C12H12N4O3S/c1-13-11-10(16(17)18)12(15-7-14-11)20-9-5-3-8(19-2)4-6-9/h3-7H,1-2H3,(H,13,14,15). The van der Waals surface area contributed by atoms with Gasteiger partial charge in [-0.25, -0.2) is 9.97 Å². The summed E-state index contributed by atoms with van der Waals surface area (Å²) in [4.78, 5) is 19.3. The number of ether oxygens (including phenoxy) is 1. The van der Waals surface area contributed by atoms with Crippen LogP contribution in [0.5, 0.6) is 5.75 Å². The Bertz CT molecular complexity index is 619. The van der Waals surface area contributed by atoms with E-state index in [2.05, 4.69) is 15.3 Å². The molecule has 0 unspecified atom stereocenters. The average Bonchev–Trinajstić information content (AvgIpc) is 2.47. The minimum Gasteiger partial charge on any atom is -0.497 e. The molecule has 8 heteroatoms. The van der Waals surface area contributed by atoms with Crippen molar-refractivity contribution in [3.8, 4) is 5.75 Å². The maximum absolute atomic E-state index is 11.1. The molecule has 0 aliphatic carbocycles. The predicted molar refractivity (Wildman–Crippen MR) is 75.4 cm³/mol. The summed E-state index contributed by atoms with van der Waals surface area (Å²) in [7, 11) is 3.16. The number of hydrogen-bond acceptors (Lipinski definition) is 7. The van der Waals surface area contributed by atoms with E-state index in [9.17, 15) is 10.1 Å². The molecule has 0 saturated heterocycles. The zero-order valence-corrected chi connectivity index (χ0v) is 11.7. The Morgan fingerprint density at radius 1 is 1.30 bits per heavy atom. The minimum atomic E-state index is -0.488. The van der Waals surface area contributed by atoms with Crippen LogP contribution in [0, 0.1) is 10.1 Å². The van der Waals surface area contributed by atoms with E-state index in [4.69, 9.17) is 4.74 Å². The lowest BCUT2D eigenvalue weighted by Crippen LogP contribution is -2.02. The molecule has 1 aromatic carbocycles. The van der Waals surface area contributed by atoms with Crippen LogP contribution in [0.1, 0.15) is 0 Å². The molecule has 20 heavy (non-hydrogen) atoms. The van der Waals surface area contributed by atoms with E-state index in [1.54, 1.807) is 26.3 Å². The van der Waals surface area contributed by atoms with Gasteiger partial charge in [0.2, 0.25) is 5.82 Å². The molecule has 1 N–H and O–H groups in total. The summed E-state index contributed by atoms with van der Waals surface area (Å²) in [5.41, 5.74) is -0.129. The summed E-state index contributed by atoms with van der Waals surface area (Å²) in [6.07, 6.45) is 1.30. The SMILES string of the molecule is CNc1ncnc(Sc2ccc(OC)cc2)c1[N+](=O)[O-]. The minimum absolute atomic E-state index is 0.129. The lowest BCUT2D eigenvalue weighted by Gasteiger charge is -2.06.